The summed E-state index contributed by atoms with van der Waals surface area (Å²) in [5.41, 5.74) is 0.421. The zero-order valence-electron chi connectivity index (χ0n) is 13.5. The van der Waals surface area contributed by atoms with Crippen molar-refractivity contribution in [2.24, 2.45) is 11.3 Å². The fourth-order valence-corrected chi connectivity index (χ4v) is 3.47. The van der Waals surface area contributed by atoms with E-state index in [9.17, 15) is 0 Å². The van der Waals surface area contributed by atoms with Crippen LogP contribution in [0.1, 0.15) is 59.2 Å². The van der Waals surface area contributed by atoms with Gasteiger partial charge >= 0.3 is 0 Å². The molecule has 0 bridgehead atoms. The van der Waals surface area contributed by atoms with E-state index in [1.165, 1.54) is 25.7 Å². The summed E-state index contributed by atoms with van der Waals surface area (Å²) >= 11 is 0. The van der Waals surface area contributed by atoms with Gasteiger partial charge in [-0.3, -0.25) is 0 Å². The number of hydrogen-bond donors (Lipinski definition) is 1. The van der Waals surface area contributed by atoms with E-state index in [0.717, 1.165) is 25.3 Å². The summed E-state index contributed by atoms with van der Waals surface area (Å²) in [6, 6.07) is 0.519. The molecule has 1 aliphatic rings. The smallest absolute Gasteiger partial charge is 0.138 e. The molecule has 1 N–H and O–H groups in total. The molecule has 1 atom stereocenters. The topological polar surface area (TPSA) is 42.7 Å². The van der Waals surface area contributed by atoms with Crippen molar-refractivity contribution in [2.45, 2.75) is 72.4 Å². The van der Waals surface area contributed by atoms with Gasteiger partial charge in [0.2, 0.25) is 0 Å². The van der Waals surface area contributed by atoms with E-state index >= 15 is 0 Å². The Bertz CT molecular complexity index is 404. The highest BCUT2D eigenvalue weighted by Crippen LogP contribution is 2.41. The van der Waals surface area contributed by atoms with E-state index < -0.39 is 0 Å². The minimum absolute atomic E-state index is 0.421. The van der Waals surface area contributed by atoms with Crippen LogP contribution in [0.2, 0.25) is 0 Å². The van der Waals surface area contributed by atoms with E-state index in [1.54, 1.807) is 6.33 Å². The van der Waals surface area contributed by atoms with E-state index in [1.807, 2.05) is 0 Å². The minimum atomic E-state index is 0.421. The van der Waals surface area contributed by atoms with Crippen LogP contribution >= 0.6 is 0 Å². The predicted molar refractivity (Wildman–Crippen MR) is 82.6 cm³/mol. The first kappa shape index (κ1) is 15.5. The van der Waals surface area contributed by atoms with Crippen LogP contribution in [0.4, 0.5) is 0 Å². The molecule has 1 unspecified atom stereocenters. The van der Waals surface area contributed by atoms with Crippen LogP contribution in [0, 0.1) is 11.3 Å². The van der Waals surface area contributed by atoms with Gasteiger partial charge < -0.3 is 5.32 Å². The third-order valence-electron chi connectivity index (χ3n) is 4.66. The average Bonchev–Trinajstić information content (AvgIpc) is 2.99. The van der Waals surface area contributed by atoms with Crippen molar-refractivity contribution >= 4 is 0 Å². The summed E-state index contributed by atoms with van der Waals surface area (Å²) in [6.07, 6.45) is 8.12. The SMILES string of the molecule is CCNC(Cc1ncnn1CC(C)C)C1(C)CCCC1. The highest BCUT2D eigenvalue weighted by atomic mass is 15.3. The lowest BCUT2D eigenvalue weighted by Gasteiger charge is -2.34. The molecule has 0 spiro atoms. The zero-order valence-corrected chi connectivity index (χ0v) is 13.5. The van der Waals surface area contributed by atoms with Crippen molar-refractivity contribution in [1.29, 1.82) is 0 Å². The lowest BCUT2D eigenvalue weighted by atomic mass is 9.79. The maximum atomic E-state index is 4.51. The van der Waals surface area contributed by atoms with Crippen LogP contribution in [0.15, 0.2) is 6.33 Å². The molecule has 0 aromatic carbocycles. The van der Waals surface area contributed by atoms with E-state index in [0.29, 0.717) is 17.4 Å². The van der Waals surface area contributed by atoms with Crippen LogP contribution < -0.4 is 5.32 Å². The first-order chi connectivity index (χ1) is 9.55. The first-order valence-corrected chi connectivity index (χ1v) is 8.15. The second-order valence-electron chi connectivity index (χ2n) is 6.93. The van der Waals surface area contributed by atoms with Crippen molar-refractivity contribution in [2.75, 3.05) is 6.54 Å². The van der Waals surface area contributed by atoms with Crippen LogP contribution in [0.3, 0.4) is 0 Å². The highest BCUT2D eigenvalue weighted by molar-refractivity contribution is 4.98. The molecule has 2 rings (SSSR count). The van der Waals surface area contributed by atoms with Gasteiger partial charge in [0.15, 0.2) is 0 Å². The number of nitrogens with zero attached hydrogens (tertiary/aromatic N) is 3. The normalized spacial score (nSPS) is 19.6. The first-order valence-electron chi connectivity index (χ1n) is 8.15. The Hall–Kier alpha value is -0.900. The summed E-state index contributed by atoms with van der Waals surface area (Å²) < 4.78 is 2.09. The number of likely N-dealkylation sites (N-methyl/N-ethyl adjacent to an activating group) is 1. The fourth-order valence-electron chi connectivity index (χ4n) is 3.47. The van der Waals surface area contributed by atoms with Gasteiger partial charge in [0.1, 0.15) is 12.2 Å². The van der Waals surface area contributed by atoms with Gasteiger partial charge in [-0.15, -0.1) is 0 Å². The number of rotatable bonds is 7. The molecule has 1 saturated carbocycles. The summed E-state index contributed by atoms with van der Waals surface area (Å²) in [5.74, 6) is 1.74. The fraction of sp³-hybridized carbons (Fsp3) is 0.875. The quantitative estimate of drug-likeness (QED) is 0.833. The Morgan fingerprint density at radius 1 is 1.35 bits per heavy atom. The molecular formula is C16H30N4. The largest absolute Gasteiger partial charge is 0.313 e. The van der Waals surface area contributed by atoms with E-state index in [4.69, 9.17) is 0 Å². The molecule has 4 nitrogen and oxygen atoms in total. The molecule has 0 amide bonds. The molecule has 1 fully saturated rings. The average molecular weight is 278 g/mol. The molecule has 0 aliphatic heterocycles. The second-order valence-corrected chi connectivity index (χ2v) is 6.93. The summed E-state index contributed by atoms with van der Waals surface area (Å²) in [4.78, 5) is 4.51. The van der Waals surface area contributed by atoms with Crippen molar-refractivity contribution < 1.29 is 0 Å². The third kappa shape index (κ3) is 3.60. The summed E-state index contributed by atoms with van der Waals surface area (Å²) in [6.45, 7) is 11.1. The molecule has 0 radical (unpaired) electrons. The highest BCUT2D eigenvalue weighted by Gasteiger charge is 2.37. The monoisotopic (exact) mass is 278 g/mol. The summed E-state index contributed by atoms with van der Waals surface area (Å²) in [7, 11) is 0. The number of hydrogen-bond acceptors (Lipinski definition) is 3. The van der Waals surface area contributed by atoms with Crippen LogP contribution in [0.5, 0.6) is 0 Å². The van der Waals surface area contributed by atoms with Crippen molar-refractivity contribution in [3.8, 4) is 0 Å². The number of nitrogens with one attached hydrogen (secondary N) is 1. The maximum Gasteiger partial charge on any atom is 0.138 e. The molecule has 4 heteroatoms. The zero-order chi connectivity index (χ0) is 14.6. The minimum Gasteiger partial charge on any atom is -0.313 e. The van der Waals surface area contributed by atoms with Gasteiger partial charge in [0.25, 0.3) is 0 Å². The van der Waals surface area contributed by atoms with Gasteiger partial charge in [-0.2, -0.15) is 5.10 Å². The van der Waals surface area contributed by atoms with Gasteiger partial charge in [0, 0.05) is 19.0 Å². The predicted octanol–water partition coefficient (Wildman–Crippen LogP) is 3.04. The van der Waals surface area contributed by atoms with Crippen molar-refractivity contribution in [1.82, 2.24) is 20.1 Å². The van der Waals surface area contributed by atoms with Gasteiger partial charge in [-0.05, 0) is 30.7 Å². The van der Waals surface area contributed by atoms with Gasteiger partial charge in [-0.25, -0.2) is 9.67 Å². The van der Waals surface area contributed by atoms with Crippen LogP contribution in [0.25, 0.3) is 0 Å². The van der Waals surface area contributed by atoms with Crippen LogP contribution in [-0.4, -0.2) is 27.4 Å². The maximum absolute atomic E-state index is 4.51. The molecule has 1 aliphatic carbocycles. The lowest BCUT2D eigenvalue weighted by molar-refractivity contribution is 0.217. The number of aromatic nitrogens is 3. The molecular weight excluding hydrogens is 248 g/mol. The third-order valence-corrected chi connectivity index (χ3v) is 4.66. The van der Waals surface area contributed by atoms with E-state index in [-0.39, 0.29) is 0 Å². The Morgan fingerprint density at radius 2 is 2.05 bits per heavy atom. The van der Waals surface area contributed by atoms with Crippen molar-refractivity contribution in [3.05, 3.63) is 12.2 Å². The molecule has 0 saturated heterocycles. The van der Waals surface area contributed by atoms with E-state index in [2.05, 4.69) is 47.8 Å². The molecule has 1 heterocycles. The van der Waals surface area contributed by atoms with Gasteiger partial charge in [-0.1, -0.05) is 40.5 Å². The summed E-state index contributed by atoms with van der Waals surface area (Å²) in [5, 5.41) is 8.10. The van der Waals surface area contributed by atoms with Crippen molar-refractivity contribution in [3.63, 3.8) is 0 Å². The standard InChI is InChI=1S/C16H30N4/c1-5-17-14(16(4)8-6-7-9-16)10-15-18-12-19-20(15)11-13(2)3/h12-14,17H,5-11H2,1-4H3. The molecule has 1 aromatic rings. The Labute approximate surface area is 123 Å². The molecule has 1 aromatic heterocycles. The molecule has 114 valence electrons. The Kier molecular flexibility index (Phi) is 5.19. The van der Waals surface area contributed by atoms with Gasteiger partial charge in [0.05, 0.1) is 0 Å². The van der Waals surface area contributed by atoms with Crippen LogP contribution in [-0.2, 0) is 13.0 Å². The lowest BCUT2D eigenvalue weighted by Crippen LogP contribution is -2.44. The Morgan fingerprint density at radius 3 is 2.65 bits per heavy atom. The Balaban J connectivity index is 2.10. The second kappa shape index (κ2) is 6.70. The molecule has 20 heavy (non-hydrogen) atoms.